The van der Waals surface area contributed by atoms with Crippen molar-refractivity contribution in [2.45, 2.75) is 0 Å². The monoisotopic (exact) mass is 546 g/mol. The zero-order valence-electron chi connectivity index (χ0n) is 20.0. The van der Waals surface area contributed by atoms with Gasteiger partial charge in [-0.25, -0.2) is 9.59 Å². The van der Waals surface area contributed by atoms with E-state index < -0.39 is 47.4 Å². The zero-order chi connectivity index (χ0) is 29.1. The molecule has 0 amide bonds. The van der Waals surface area contributed by atoms with Crippen LogP contribution in [0.2, 0.25) is 0 Å². The number of non-ortho nitro benzene ring substituents is 2. The van der Waals surface area contributed by atoms with Crippen LogP contribution in [0.3, 0.4) is 0 Å². The quantitative estimate of drug-likeness (QED) is 0.0779. The predicted octanol–water partition coefficient (Wildman–Crippen LogP) is 0.454. The van der Waals surface area contributed by atoms with Crippen LogP contribution in [0.25, 0.3) is 10.8 Å². The minimum Gasteiger partial charge on any atom is -0.423 e. The molecule has 4 rings (SSSR count). The van der Waals surface area contributed by atoms with E-state index in [4.69, 9.17) is 9.47 Å². The van der Waals surface area contributed by atoms with E-state index in [1.54, 1.807) is 12.1 Å². The van der Waals surface area contributed by atoms with Crippen LogP contribution in [0.5, 0.6) is 11.5 Å². The molecule has 0 unspecified atom stereocenters. The van der Waals surface area contributed by atoms with E-state index in [1.165, 1.54) is 24.3 Å². The highest BCUT2D eigenvalue weighted by Crippen LogP contribution is 2.34. The molecule has 0 aliphatic rings. The Morgan fingerprint density at radius 2 is 1.00 bits per heavy atom. The molecule has 0 saturated carbocycles. The molecule has 0 radical (unpaired) electrons. The van der Waals surface area contributed by atoms with Gasteiger partial charge in [-0.1, -0.05) is 24.3 Å². The highest BCUT2D eigenvalue weighted by atomic mass is 16.6. The normalized spacial score (nSPS) is 10.6. The smallest absolute Gasteiger partial charge is 0.423 e. The van der Waals surface area contributed by atoms with Crippen LogP contribution in [0.1, 0.15) is 20.7 Å². The highest BCUT2D eigenvalue weighted by molar-refractivity contribution is 6.59. The number of rotatable bonds is 8. The fraction of sp³-hybridized carbons (Fsp3) is 0. The number of ether oxygens (including phenoxy) is 2. The van der Waals surface area contributed by atoms with E-state index in [-0.39, 0.29) is 44.3 Å². The molecule has 0 fully saturated rings. The second-order valence-electron chi connectivity index (χ2n) is 8.27. The molecular weight excluding hydrogens is 530 g/mol. The lowest BCUT2D eigenvalue weighted by Gasteiger charge is -2.13. The maximum atomic E-state index is 12.8. The van der Waals surface area contributed by atoms with Crippen molar-refractivity contribution in [2.24, 2.45) is 0 Å². The Morgan fingerprint density at radius 1 is 0.625 bits per heavy atom. The van der Waals surface area contributed by atoms with E-state index in [1.807, 2.05) is 0 Å². The molecule has 40 heavy (non-hydrogen) atoms. The maximum absolute atomic E-state index is 12.8. The SMILES string of the molecule is O=C(Oc1ccc(OC(=O)c2cc(B(O)O)cc([N+](=O)[O-])c2)c2ccccc12)c1cc(B(O)O)cc([N+](=O)[O-])c1. The van der Waals surface area contributed by atoms with Gasteiger partial charge in [-0.15, -0.1) is 0 Å². The molecule has 0 aromatic heterocycles. The Bertz CT molecular complexity index is 1550. The van der Waals surface area contributed by atoms with Crippen LogP contribution in [0, 0.1) is 20.2 Å². The van der Waals surface area contributed by atoms with Gasteiger partial charge >= 0.3 is 26.2 Å². The molecule has 14 nitrogen and oxygen atoms in total. The van der Waals surface area contributed by atoms with E-state index >= 15 is 0 Å². The van der Waals surface area contributed by atoms with Crippen molar-refractivity contribution in [3.05, 3.63) is 104 Å². The fourth-order valence-electron chi connectivity index (χ4n) is 3.75. The fourth-order valence-corrected chi connectivity index (χ4v) is 3.75. The summed E-state index contributed by atoms with van der Waals surface area (Å²) in [4.78, 5) is 46.5. The lowest BCUT2D eigenvalue weighted by atomic mass is 9.79. The van der Waals surface area contributed by atoms with E-state index in [0.29, 0.717) is 0 Å². The molecule has 0 aliphatic carbocycles. The van der Waals surface area contributed by atoms with Gasteiger partial charge in [0.25, 0.3) is 11.4 Å². The summed E-state index contributed by atoms with van der Waals surface area (Å²) in [5, 5.41) is 60.6. The molecule has 4 aromatic carbocycles. The Labute approximate surface area is 224 Å². The number of hydrogen-bond acceptors (Lipinski definition) is 12. The number of benzene rings is 4. The molecule has 0 spiro atoms. The third kappa shape index (κ3) is 5.95. The van der Waals surface area contributed by atoms with Gasteiger partial charge in [0.05, 0.1) is 21.0 Å². The number of hydrogen-bond donors (Lipinski definition) is 4. The van der Waals surface area contributed by atoms with Gasteiger partial charge in [0, 0.05) is 35.0 Å². The van der Waals surface area contributed by atoms with Crippen molar-refractivity contribution < 1.29 is 49.0 Å². The lowest BCUT2D eigenvalue weighted by molar-refractivity contribution is -0.385. The molecule has 16 heteroatoms. The van der Waals surface area contributed by atoms with Gasteiger partial charge in [-0.3, -0.25) is 20.2 Å². The van der Waals surface area contributed by atoms with Crippen LogP contribution in [0.15, 0.2) is 72.8 Å². The average molecular weight is 546 g/mol. The Kier molecular flexibility index (Phi) is 7.88. The number of esters is 2. The first-order valence-corrected chi connectivity index (χ1v) is 11.2. The Hall–Kier alpha value is -5.15. The number of fused-ring (bicyclic) bond motifs is 1. The topological polar surface area (TPSA) is 220 Å². The molecule has 4 N–H and O–H groups in total. The van der Waals surface area contributed by atoms with Gasteiger partial charge < -0.3 is 29.6 Å². The first-order valence-electron chi connectivity index (χ1n) is 11.2. The summed E-state index contributed by atoms with van der Waals surface area (Å²) in [5.41, 5.74) is -2.39. The highest BCUT2D eigenvalue weighted by Gasteiger charge is 2.24. The summed E-state index contributed by atoms with van der Waals surface area (Å²) in [6.07, 6.45) is 0. The van der Waals surface area contributed by atoms with Gasteiger partial charge in [-0.2, -0.15) is 0 Å². The standard InChI is InChI=1S/C24H16B2N2O12/c29-23(13-7-15(25(31)32)11-17(9-13)27(35)36)39-21-5-6-22(20-4-2-1-3-19(20)21)40-24(30)14-8-16(26(33)34)12-18(10-14)28(37)38/h1-12,31-34H. The van der Waals surface area contributed by atoms with E-state index in [0.717, 1.165) is 36.4 Å². The van der Waals surface area contributed by atoms with Crippen LogP contribution in [-0.4, -0.2) is 56.1 Å². The van der Waals surface area contributed by atoms with Crippen LogP contribution in [0.4, 0.5) is 11.4 Å². The van der Waals surface area contributed by atoms with Crippen LogP contribution < -0.4 is 20.4 Å². The molecule has 4 aromatic rings. The van der Waals surface area contributed by atoms with Gasteiger partial charge in [0.2, 0.25) is 0 Å². The zero-order valence-corrected chi connectivity index (χ0v) is 20.0. The van der Waals surface area contributed by atoms with Crippen molar-refractivity contribution in [1.29, 1.82) is 0 Å². The van der Waals surface area contributed by atoms with Crippen molar-refractivity contribution in [1.82, 2.24) is 0 Å². The minimum absolute atomic E-state index is 0.0287. The largest absolute Gasteiger partial charge is 0.488 e. The summed E-state index contributed by atoms with van der Waals surface area (Å²) < 4.78 is 10.8. The summed E-state index contributed by atoms with van der Waals surface area (Å²) >= 11 is 0. The second-order valence-corrected chi connectivity index (χ2v) is 8.27. The molecule has 0 heterocycles. The molecule has 0 atom stereocenters. The summed E-state index contributed by atoms with van der Waals surface area (Å²) in [5.74, 6) is -2.16. The maximum Gasteiger partial charge on any atom is 0.488 e. The lowest BCUT2D eigenvalue weighted by Crippen LogP contribution is -2.31. The van der Waals surface area contributed by atoms with Crippen molar-refractivity contribution in [3.63, 3.8) is 0 Å². The third-order valence-corrected chi connectivity index (χ3v) is 5.62. The third-order valence-electron chi connectivity index (χ3n) is 5.62. The number of nitro groups is 2. The summed E-state index contributed by atoms with van der Waals surface area (Å²) in [6, 6.07) is 14.4. The minimum atomic E-state index is -2.08. The Morgan fingerprint density at radius 3 is 1.32 bits per heavy atom. The van der Waals surface area contributed by atoms with Crippen molar-refractivity contribution >= 4 is 59.2 Å². The Balaban J connectivity index is 1.67. The van der Waals surface area contributed by atoms with E-state index in [2.05, 4.69) is 0 Å². The van der Waals surface area contributed by atoms with Crippen molar-refractivity contribution in [2.75, 3.05) is 0 Å². The van der Waals surface area contributed by atoms with E-state index in [9.17, 15) is 49.9 Å². The van der Waals surface area contributed by atoms with Gasteiger partial charge in [0.1, 0.15) is 11.5 Å². The molecule has 0 bridgehead atoms. The van der Waals surface area contributed by atoms with Gasteiger partial charge in [0.15, 0.2) is 0 Å². The van der Waals surface area contributed by atoms with Crippen LogP contribution in [-0.2, 0) is 0 Å². The predicted molar refractivity (Wildman–Crippen MR) is 140 cm³/mol. The molecule has 200 valence electrons. The number of carbonyl (C=O) groups is 2. The average Bonchev–Trinajstić information content (AvgIpc) is 2.93. The second kappa shape index (κ2) is 11.3. The van der Waals surface area contributed by atoms with Crippen LogP contribution >= 0.6 is 0 Å². The number of carbonyl (C=O) groups excluding carboxylic acids is 2. The number of nitrogens with zero attached hydrogens (tertiary/aromatic N) is 2. The molecule has 0 aliphatic heterocycles. The van der Waals surface area contributed by atoms with Gasteiger partial charge in [-0.05, 0) is 35.2 Å². The summed E-state index contributed by atoms with van der Waals surface area (Å²) in [6.45, 7) is 0. The molecular formula is C24H16B2N2O12. The summed E-state index contributed by atoms with van der Waals surface area (Å²) in [7, 11) is -4.16. The first-order chi connectivity index (χ1) is 18.9. The van der Waals surface area contributed by atoms with Crippen molar-refractivity contribution in [3.8, 4) is 11.5 Å². The molecule has 0 saturated heterocycles. The number of nitro benzene ring substituents is 2. The first kappa shape index (κ1) is 27.9.